The number of carbonyl (C=O) groups is 2. The van der Waals surface area contributed by atoms with Crippen LogP contribution in [0.3, 0.4) is 0 Å². The minimum absolute atomic E-state index is 0.195. The number of halogens is 1. The Morgan fingerprint density at radius 2 is 1.43 bits per heavy atom. The highest BCUT2D eigenvalue weighted by Gasteiger charge is 2.09. The first-order chi connectivity index (χ1) is 14.5. The Morgan fingerprint density at radius 1 is 0.833 bits per heavy atom. The van der Waals surface area contributed by atoms with Gasteiger partial charge in [-0.05, 0) is 73.2 Å². The minimum atomic E-state index is -0.220. The molecule has 0 fully saturated rings. The zero-order chi connectivity index (χ0) is 21.3. The Hall–Kier alpha value is -3.12. The average Bonchev–Trinajstić information content (AvgIpc) is 2.76. The van der Waals surface area contributed by atoms with Gasteiger partial charge in [-0.3, -0.25) is 9.59 Å². The van der Waals surface area contributed by atoms with E-state index in [1.165, 1.54) is 0 Å². The van der Waals surface area contributed by atoms with Gasteiger partial charge in [-0.2, -0.15) is 0 Å². The fourth-order valence-electron chi connectivity index (χ4n) is 2.71. The topological polar surface area (TPSA) is 67.4 Å². The van der Waals surface area contributed by atoms with Crippen LogP contribution < -0.4 is 15.4 Å². The number of amides is 2. The van der Waals surface area contributed by atoms with Crippen molar-refractivity contribution in [1.82, 2.24) is 0 Å². The Labute approximate surface area is 184 Å². The standard InChI is InChI=1S/C24H23BrN2O3/c1-2-3-15-30-22-6-4-5-18(16-22)24(29)27-21-13-11-20(12-14-21)26-23(28)17-7-9-19(25)10-8-17/h4-14,16H,2-3,15H2,1H3,(H,26,28)(H,27,29). The molecule has 0 heterocycles. The summed E-state index contributed by atoms with van der Waals surface area (Å²) in [4.78, 5) is 24.8. The summed E-state index contributed by atoms with van der Waals surface area (Å²) in [6.45, 7) is 2.74. The van der Waals surface area contributed by atoms with E-state index in [1.54, 1.807) is 54.6 Å². The molecule has 2 N–H and O–H groups in total. The first kappa shape index (κ1) is 21.6. The molecule has 0 spiro atoms. The number of hydrogen-bond donors (Lipinski definition) is 2. The molecule has 0 radical (unpaired) electrons. The Morgan fingerprint density at radius 3 is 2.03 bits per heavy atom. The molecule has 0 atom stereocenters. The van der Waals surface area contributed by atoms with Gasteiger partial charge in [0.05, 0.1) is 6.61 Å². The molecule has 5 nitrogen and oxygen atoms in total. The van der Waals surface area contributed by atoms with Crippen LogP contribution >= 0.6 is 15.9 Å². The smallest absolute Gasteiger partial charge is 0.255 e. The van der Waals surface area contributed by atoms with Gasteiger partial charge in [-0.25, -0.2) is 0 Å². The van der Waals surface area contributed by atoms with Crippen molar-refractivity contribution < 1.29 is 14.3 Å². The number of rotatable bonds is 8. The highest BCUT2D eigenvalue weighted by atomic mass is 79.9. The molecule has 3 aromatic rings. The van der Waals surface area contributed by atoms with Gasteiger partial charge in [0.2, 0.25) is 0 Å². The Kier molecular flexibility index (Phi) is 7.63. The second-order valence-electron chi connectivity index (χ2n) is 6.72. The lowest BCUT2D eigenvalue weighted by Crippen LogP contribution is -2.13. The maximum absolute atomic E-state index is 12.5. The van der Waals surface area contributed by atoms with Crippen molar-refractivity contribution in [3.05, 3.63) is 88.4 Å². The molecular weight excluding hydrogens is 444 g/mol. The molecule has 0 aliphatic carbocycles. The summed E-state index contributed by atoms with van der Waals surface area (Å²) in [7, 11) is 0. The minimum Gasteiger partial charge on any atom is -0.494 e. The fourth-order valence-corrected chi connectivity index (χ4v) is 2.97. The molecular formula is C24H23BrN2O3. The molecule has 3 aromatic carbocycles. The average molecular weight is 467 g/mol. The van der Waals surface area contributed by atoms with Crippen molar-refractivity contribution in [2.75, 3.05) is 17.2 Å². The molecule has 30 heavy (non-hydrogen) atoms. The molecule has 0 unspecified atom stereocenters. The van der Waals surface area contributed by atoms with Crippen LogP contribution in [-0.4, -0.2) is 18.4 Å². The summed E-state index contributed by atoms with van der Waals surface area (Å²) >= 11 is 3.35. The van der Waals surface area contributed by atoms with Crippen LogP contribution in [0.1, 0.15) is 40.5 Å². The SMILES string of the molecule is CCCCOc1cccc(C(=O)Nc2ccc(NC(=O)c3ccc(Br)cc3)cc2)c1. The van der Waals surface area contributed by atoms with E-state index < -0.39 is 0 Å². The first-order valence-electron chi connectivity index (χ1n) is 9.76. The predicted octanol–water partition coefficient (Wildman–Crippen LogP) is 6.13. The van der Waals surface area contributed by atoms with Crippen LogP contribution in [0.25, 0.3) is 0 Å². The molecule has 3 rings (SSSR count). The zero-order valence-corrected chi connectivity index (χ0v) is 18.2. The van der Waals surface area contributed by atoms with E-state index in [9.17, 15) is 9.59 Å². The third-order valence-corrected chi connectivity index (χ3v) is 4.90. The summed E-state index contributed by atoms with van der Waals surface area (Å²) < 4.78 is 6.57. The quantitative estimate of drug-likeness (QED) is 0.392. The van der Waals surface area contributed by atoms with E-state index in [0.717, 1.165) is 17.3 Å². The number of ether oxygens (including phenoxy) is 1. The van der Waals surface area contributed by atoms with Crippen molar-refractivity contribution in [3.8, 4) is 5.75 Å². The van der Waals surface area contributed by atoms with Gasteiger partial charge in [-0.1, -0.05) is 35.3 Å². The van der Waals surface area contributed by atoms with Crippen LogP contribution in [0.4, 0.5) is 11.4 Å². The lowest BCUT2D eigenvalue weighted by molar-refractivity contribution is 0.101. The maximum atomic E-state index is 12.5. The molecule has 0 saturated carbocycles. The van der Waals surface area contributed by atoms with Crippen molar-refractivity contribution in [2.45, 2.75) is 19.8 Å². The second-order valence-corrected chi connectivity index (χ2v) is 7.64. The van der Waals surface area contributed by atoms with Gasteiger partial charge in [0.1, 0.15) is 5.75 Å². The normalized spacial score (nSPS) is 10.3. The lowest BCUT2D eigenvalue weighted by atomic mass is 10.2. The number of benzene rings is 3. The summed E-state index contributed by atoms with van der Waals surface area (Å²) in [5, 5.41) is 5.70. The van der Waals surface area contributed by atoms with Gasteiger partial charge in [-0.15, -0.1) is 0 Å². The Bertz CT molecular complexity index is 1000. The zero-order valence-electron chi connectivity index (χ0n) is 16.7. The van der Waals surface area contributed by atoms with E-state index in [4.69, 9.17) is 4.74 Å². The molecule has 2 amide bonds. The van der Waals surface area contributed by atoms with Crippen LogP contribution in [-0.2, 0) is 0 Å². The van der Waals surface area contributed by atoms with E-state index in [2.05, 4.69) is 33.5 Å². The summed E-state index contributed by atoms with van der Waals surface area (Å²) in [5.74, 6) is 0.267. The van der Waals surface area contributed by atoms with E-state index in [0.29, 0.717) is 34.9 Å². The summed E-state index contributed by atoms with van der Waals surface area (Å²) in [6.07, 6.45) is 2.03. The van der Waals surface area contributed by atoms with E-state index in [1.807, 2.05) is 18.2 Å². The van der Waals surface area contributed by atoms with Gasteiger partial charge >= 0.3 is 0 Å². The second kappa shape index (κ2) is 10.6. The number of hydrogen-bond acceptors (Lipinski definition) is 3. The van der Waals surface area contributed by atoms with Crippen molar-refractivity contribution in [1.29, 1.82) is 0 Å². The molecule has 0 saturated heterocycles. The van der Waals surface area contributed by atoms with Crippen LogP contribution in [0, 0.1) is 0 Å². The van der Waals surface area contributed by atoms with Gasteiger partial charge in [0, 0.05) is 27.0 Å². The maximum Gasteiger partial charge on any atom is 0.255 e. The summed E-state index contributed by atoms with van der Waals surface area (Å²) in [6, 6.07) is 21.2. The molecule has 154 valence electrons. The predicted molar refractivity (Wildman–Crippen MR) is 123 cm³/mol. The number of unbranched alkanes of at least 4 members (excludes halogenated alkanes) is 1. The highest BCUT2D eigenvalue weighted by Crippen LogP contribution is 2.18. The molecule has 6 heteroatoms. The molecule has 0 aliphatic rings. The van der Waals surface area contributed by atoms with Crippen LogP contribution in [0.5, 0.6) is 5.75 Å². The largest absolute Gasteiger partial charge is 0.494 e. The van der Waals surface area contributed by atoms with Crippen LogP contribution in [0.15, 0.2) is 77.3 Å². The first-order valence-corrected chi connectivity index (χ1v) is 10.6. The van der Waals surface area contributed by atoms with E-state index in [-0.39, 0.29) is 11.8 Å². The molecule has 0 aromatic heterocycles. The van der Waals surface area contributed by atoms with Gasteiger partial charge in [0.25, 0.3) is 11.8 Å². The summed E-state index contributed by atoms with van der Waals surface area (Å²) in [5.41, 5.74) is 2.37. The molecule has 0 aliphatic heterocycles. The monoisotopic (exact) mass is 466 g/mol. The van der Waals surface area contributed by atoms with Gasteiger partial charge < -0.3 is 15.4 Å². The lowest BCUT2D eigenvalue weighted by Gasteiger charge is -2.10. The number of carbonyl (C=O) groups excluding carboxylic acids is 2. The third-order valence-electron chi connectivity index (χ3n) is 4.37. The van der Waals surface area contributed by atoms with Crippen LogP contribution in [0.2, 0.25) is 0 Å². The van der Waals surface area contributed by atoms with Gasteiger partial charge in [0.15, 0.2) is 0 Å². The fraction of sp³-hybridized carbons (Fsp3) is 0.167. The van der Waals surface area contributed by atoms with Crippen molar-refractivity contribution in [3.63, 3.8) is 0 Å². The van der Waals surface area contributed by atoms with E-state index >= 15 is 0 Å². The molecule has 0 bridgehead atoms. The number of anilines is 2. The third kappa shape index (κ3) is 6.19. The van der Waals surface area contributed by atoms with Crippen molar-refractivity contribution >= 4 is 39.1 Å². The Balaban J connectivity index is 1.58. The van der Waals surface area contributed by atoms with Crippen molar-refractivity contribution in [2.24, 2.45) is 0 Å². The highest BCUT2D eigenvalue weighted by molar-refractivity contribution is 9.10. The number of nitrogens with one attached hydrogen (secondary N) is 2.